The number of ether oxygens (including phenoxy) is 1. The minimum absolute atomic E-state index is 0.0924. The van der Waals surface area contributed by atoms with Crippen LogP contribution in [0.1, 0.15) is 21.1 Å². The van der Waals surface area contributed by atoms with Crippen molar-refractivity contribution in [1.29, 1.82) is 0 Å². The van der Waals surface area contributed by atoms with Gasteiger partial charge in [0, 0.05) is 5.69 Å². The van der Waals surface area contributed by atoms with E-state index in [2.05, 4.69) is 15.3 Å². The molecule has 0 aliphatic rings. The van der Waals surface area contributed by atoms with Gasteiger partial charge in [0.2, 0.25) is 0 Å². The number of methoxy groups -OCH3 is 1. The molecule has 0 aliphatic carbocycles. The molecule has 29 heavy (non-hydrogen) atoms. The summed E-state index contributed by atoms with van der Waals surface area (Å²) in [4.78, 5) is 45.2. The Balaban J connectivity index is 1.73. The molecule has 0 saturated carbocycles. The van der Waals surface area contributed by atoms with E-state index < -0.39 is 11.8 Å². The summed E-state index contributed by atoms with van der Waals surface area (Å²) in [6.07, 6.45) is 0. The predicted molar refractivity (Wildman–Crippen MR) is 107 cm³/mol. The van der Waals surface area contributed by atoms with Gasteiger partial charge in [-0.05, 0) is 30.7 Å². The normalized spacial score (nSPS) is 12.0. The van der Waals surface area contributed by atoms with Crippen LogP contribution in [0.15, 0.2) is 29.1 Å². The molecule has 2 aromatic heterocycles. The first-order chi connectivity index (χ1) is 13.8. The van der Waals surface area contributed by atoms with Crippen LogP contribution in [0.25, 0.3) is 10.2 Å². The first kappa shape index (κ1) is 20.6. The van der Waals surface area contributed by atoms with Crippen LogP contribution in [0, 0.1) is 12.7 Å². The van der Waals surface area contributed by atoms with Crippen LogP contribution in [0.2, 0.25) is 0 Å². The summed E-state index contributed by atoms with van der Waals surface area (Å²) in [5.41, 5.74) is 0.568. The number of hydrogen-bond acceptors (Lipinski definition) is 6. The van der Waals surface area contributed by atoms with Crippen molar-refractivity contribution in [3.8, 4) is 0 Å². The number of carbonyl (C=O) groups is 2. The van der Waals surface area contributed by atoms with Gasteiger partial charge < -0.3 is 19.9 Å². The second-order valence-corrected chi connectivity index (χ2v) is 7.61. The van der Waals surface area contributed by atoms with Crippen LogP contribution < -0.4 is 15.8 Å². The minimum atomic E-state index is -0.511. The van der Waals surface area contributed by atoms with Gasteiger partial charge >= 0.3 is 5.97 Å². The number of quaternary nitrogens is 1. The van der Waals surface area contributed by atoms with E-state index in [9.17, 15) is 18.8 Å². The van der Waals surface area contributed by atoms with Gasteiger partial charge in [-0.1, -0.05) is 6.07 Å². The van der Waals surface area contributed by atoms with E-state index in [0.717, 1.165) is 16.2 Å². The molecule has 10 heteroatoms. The van der Waals surface area contributed by atoms with Crippen molar-refractivity contribution in [2.45, 2.75) is 13.5 Å². The molecule has 3 N–H and O–H groups in total. The Kier molecular flexibility index (Phi) is 6.04. The van der Waals surface area contributed by atoms with Crippen LogP contribution in [-0.2, 0) is 16.1 Å². The number of H-pyrrole nitrogens is 1. The number of aryl methyl sites for hydroxylation is 1. The Morgan fingerprint density at radius 3 is 2.83 bits per heavy atom. The molecule has 152 valence electrons. The van der Waals surface area contributed by atoms with Crippen molar-refractivity contribution in [1.82, 2.24) is 9.97 Å². The fraction of sp³-hybridized carbons (Fsp3) is 0.263. The van der Waals surface area contributed by atoms with Gasteiger partial charge in [-0.2, -0.15) is 0 Å². The minimum Gasteiger partial charge on any atom is -0.465 e. The van der Waals surface area contributed by atoms with E-state index in [1.165, 1.54) is 25.3 Å². The summed E-state index contributed by atoms with van der Waals surface area (Å²) in [7, 11) is 3.05. The number of aromatic nitrogens is 2. The van der Waals surface area contributed by atoms with Gasteiger partial charge in [0.15, 0.2) is 12.4 Å². The summed E-state index contributed by atoms with van der Waals surface area (Å²) in [5, 5.41) is 2.99. The summed E-state index contributed by atoms with van der Waals surface area (Å²) in [5.74, 6) is -0.841. The molecule has 1 amide bonds. The topological polar surface area (TPSA) is 106 Å². The Bertz CT molecular complexity index is 1140. The smallest absolute Gasteiger partial charge is 0.348 e. The van der Waals surface area contributed by atoms with Crippen molar-refractivity contribution in [3.05, 3.63) is 56.7 Å². The highest BCUT2D eigenvalue weighted by Crippen LogP contribution is 2.27. The van der Waals surface area contributed by atoms with Crippen molar-refractivity contribution < 1.29 is 23.6 Å². The number of carbonyl (C=O) groups excluding carboxylic acids is 2. The van der Waals surface area contributed by atoms with Crippen LogP contribution in [0.3, 0.4) is 0 Å². The molecule has 1 aromatic carbocycles. The first-order valence-corrected chi connectivity index (χ1v) is 9.57. The molecule has 0 saturated heterocycles. The standard InChI is InChI=1S/C19H19FN4O4S/c1-10-15-17(26)22-13(23-18(15)29-16(10)19(27)28-3)8-24(2)9-14(25)21-12-6-4-5-11(20)7-12/h4-7H,8-9H2,1-3H3,(H,21,25)(H,22,23,26)/p+1. The van der Waals surface area contributed by atoms with Crippen molar-refractivity contribution in [2.75, 3.05) is 26.0 Å². The monoisotopic (exact) mass is 419 g/mol. The lowest BCUT2D eigenvalue weighted by Crippen LogP contribution is -3.08. The highest BCUT2D eigenvalue weighted by Gasteiger charge is 2.21. The number of rotatable bonds is 6. The van der Waals surface area contributed by atoms with Crippen molar-refractivity contribution in [2.24, 2.45) is 0 Å². The maximum atomic E-state index is 13.2. The lowest BCUT2D eigenvalue weighted by atomic mass is 10.2. The summed E-state index contributed by atoms with van der Waals surface area (Å²) < 4.78 is 18.0. The van der Waals surface area contributed by atoms with Gasteiger partial charge in [0.1, 0.15) is 22.1 Å². The predicted octanol–water partition coefficient (Wildman–Crippen LogP) is 0.872. The Hall–Kier alpha value is -3.11. The molecule has 0 fully saturated rings. The largest absolute Gasteiger partial charge is 0.465 e. The average molecular weight is 419 g/mol. The second kappa shape index (κ2) is 8.50. The molecule has 0 spiro atoms. The average Bonchev–Trinajstić information content (AvgIpc) is 2.97. The third-order valence-electron chi connectivity index (χ3n) is 4.26. The molecule has 0 radical (unpaired) electrons. The van der Waals surface area contributed by atoms with E-state index in [1.807, 2.05) is 0 Å². The van der Waals surface area contributed by atoms with E-state index in [-0.39, 0.29) is 24.6 Å². The first-order valence-electron chi connectivity index (χ1n) is 8.75. The number of halogens is 1. The number of esters is 1. The fourth-order valence-corrected chi connectivity index (χ4v) is 4.07. The summed E-state index contributed by atoms with van der Waals surface area (Å²) in [6, 6.07) is 5.64. The number of benzene rings is 1. The molecule has 8 nitrogen and oxygen atoms in total. The van der Waals surface area contributed by atoms with Crippen LogP contribution in [-0.4, -0.2) is 42.5 Å². The lowest BCUT2D eigenvalue weighted by molar-refractivity contribution is -0.885. The summed E-state index contributed by atoms with van der Waals surface area (Å²) >= 11 is 1.10. The fourth-order valence-electron chi connectivity index (χ4n) is 2.95. The molecule has 1 atom stereocenters. The number of likely N-dealkylation sites (N-methyl/N-ethyl adjacent to an activating group) is 1. The Morgan fingerprint density at radius 2 is 2.14 bits per heavy atom. The third-order valence-corrected chi connectivity index (χ3v) is 5.43. The van der Waals surface area contributed by atoms with Crippen molar-refractivity contribution in [3.63, 3.8) is 0 Å². The van der Waals surface area contributed by atoms with Crippen LogP contribution in [0.5, 0.6) is 0 Å². The number of nitrogens with zero attached hydrogens (tertiary/aromatic N) is 1. The number of aromatic amines is 1. The van der Waals surface area contributed by atoms with E-state index >= 15 is 0 Å². The highest BCUT2D eigenvalue weighted by molar-refractivity contribution is 7.20. The Labute approximate surface area is 169 Å². The molecular weight excluding hydrogens is 399 g/mol. The van der Waals surface area contributed by atoms with E-state index in [0.29, 0.717) is 32.2 Å². The van der Waals surface area contributed by atoms with Gasteiger partial charge in [-0.15, -0.1) is 11.3 Å². The number of thiophene rings is 1. The van der Waals surface area contributed by atoms with Crippen LogP contribution >= 0.6 is 11.3 Å². The molecule has 0 bridgehead atoms. The molecule has 0 aliphatic heterocycles. The maximum Gasteiger partial charge on any atom is 0.348 e. The molecular formula is C19H20FN4O4S+. The molecule has 3 aromatic rings. The number of fused-ring (bicyclic) bond motifs is 1. The SMILES string of the molecule is COC(=O)c1sc2nc(C[NH+](C)CC(=O)Nc3cccc(F)c3)[nH]c(=O)c2c1C. The summed E-state index contributed by atoms with van der Waals surface area (Å²) in [6.45, 7) is 2.05. The zero-order chi connectivity index (χ0) is 21.1. The maximum absolute atomic E-state index is 13.2. The zero-order valence-electron chi connectivity index (χ0n) is 16.1. The number of amides is 1. The third kappa shape index (κ3) is 4.66. The number of nitrogens with one attached hydrogen (secondary N) is 3. The van der Waals surface area contributed by atoms with Gasteiger partial charge in [0.25, 0.3) is 11.5 Å². The molecule has 2 heterocycles. The van der Waals surface area contributed by atoms with Crippen molar-refractivity contribution >= 4 is 39.1 Å². The van der Waals surface area contributed by atoms with Gasteiger partial charge in [0.05, 0.1) is 19.5 Å². The van der Waals surface area contributed by atoms with Gasteiger partial charge in [-0.3, -0.25) is 9.59 Å². The lowest BCUT2D eigenvalue weighted by Gasteiger charge is -2.13. The van der Waals surface area contributed by atoms with Gasteiger partial charge in [-0.25, -0.2) is 14.2 Å². The highest BCUT2D eigenvalue weighted by atomic mass is 32.1. The number of hydrogen-bond donors (Lipinski definition) is 3. The van der Waals surface area contributed by atoms with Crippen LogP contribution in [0.4, 0.5) is 10.1 Å². The quantitative estimate of drug-likeness (QED) is 0.514. The van der Waals surface area contributed by atoms with E-state index in [1.54, 1.807) is 20.0 Å². The number of anilines is 1. The zero-order valence-corrected chi connectivity index (χ0v) is 16.9. The molecule has 1 unspecified atom stereocenters. The Morgan fingerprint density at radius 1 is 1.38 bits per heavy atom. The second-order valence-electron chi connectivity index (χ2n) is 6.61. The molecule has 3 rings (SSSR count). The van der Waals surface area contributed by atoms with E-state index in [4.69, 9.17) is 4.74 Å².